The summed E-state index contributed by atoms with van der Waals surface area (Å²) in [6.07, 6.45) is 2.39. The van der Waals surface area contributed by atoms with E-state index in [1.54, 1.807) is 31.5 Å². The molecule has 0 spiro atoms. The molecule has 4 heterocycles. The topological polar surface area (TPSA) is 127 Å². The maximum atomic E-state index is 11.7. The Hall–Kier alpha value is -4.91. The van der Waals surface area contributed by atoms with E-state index in [9.17, 15) is 10.1 Å². The van der Waals surface area contributed by atoms with Gasteiger partial charge in [-0.05, 0) is 62.4 Å². The van der Waals surface area contributed by atoms with Crippen molar-refractivity contribution in [3.63, 3.8) is 0 Å². The van der Waals surface area contributed by atoms with Gasteiger partial charge in [-0.3, -0.25) is 9.36 Å². The SMILES string of the molecule is Cc1ccc(Nc2ccc3ncn(-c4ccc(C=O)c(-n5nc(C#N)cc5C)n4)c3c2)nn1. The molecule has 4 aromatic heterocycles. The number of anilines is 2. The van der Waals surface area contributed by atoms with Crippen LogP contribution in [0.15, 0.2) is 54.9 Å². The van der Waals surface area contributed by atoms with Crippen LogP contribution in [0.4, 0.5) is 11.5 Å². The molecule has 0 bridgehead atoms. The fourth-order valence-corrected chi connectivity index (χ4v) is 3.47. The molecule has 5 aromatic rings. The normalized spacial score (nSPS) is 10.8. The number of nitrogens with zero attached hydrogens (tertiary/aromatic N) is 8. The van der Waals surface area contributed by atoms with Crippen molar-refractivity contribution in [1.29, 1.82) is 5.26 Å². The Morgan fingerprint density at radius 2 is 1.94 bits per heavy atom. The minimum Gasteiger partial charge on any atom is -0.339 e. The number of carbonyl (C=O) groups is 1. The highest BCUT2D eigenvalue weighted by atomic mass is 16.1. The Labute approximate surface area is 188 Å². The lowest BCUT2D eigenvalue weighted by Crippen LogP contribution is -2.09. The highest BCUT2D eigenvalue weighted by Crippen LogP contribution is 2.24. The third-order valence-electron chi connectivity index (χ3n) is 5.08. The summed E-state index contributed by atoms with van der Waals surface area (Å²) in [6.45, 7) is 3.68. The lowest BCUT2D eigenvalue weighted by Gasteiger charge is -2.11. The van der Waals surface area contributed by atoms with Crippen molar-refractivity contribution in [2.75, 3.05) is 5.32 Å². The number of imidazole rings is 1. The average Bonchev–Trinajstić information content (AvgIpc) is 3.43. The van der Waals surface area contributed by atoms with Gasteiger partial charge in [0.05, 0.1) is 22.3 Å². The number of benzene rings is 1. The van der Waals surface area contributed by atoms with Gasteiger partial charge < -0.3 is 5.32 Å². The minimum absolute atomic E-state index is 0.250. The van der Waals surface area contributed by atoms with Crippen molar-refractivity contribution in [3.05, 3.63) is 77.5 Å². The molecule has 10 nitrogen and oxygen atoms in total. The molecule has 1 N–H and O–H groups in total. The molecule has 0 amide bonds. The molecule has 0 unspecified atom stereocenters. The second kappa shape index (κ2) is 7.97. The van der Waals surface area contributed by atoms with Crippen LogP contribution >= 0.6 is 0 Å². The number of aromatic nitrogens is 7. The van der Waals surface area contributed by atoms with Gasteiger partial charge in [0.2, 0.25) is 0 Å². The summed E-state index contributed by atoms with van der Waals surface area (Å²) >= 11 is 0. The van der Waals surface area contributed by atoms with Gasteiger partial charge in [0.1, 0.15) is 18.2 Å². The van der Waals surface area contributed by atoms with E-state index >= 15 is 0 Å². The first-order chi connectivity index (χ1) is 16.1. The molecule has 0 aliphatic heterocycles. The van der Waals surface area contributed by atoms with Crippen LogP contribution in [0.1, 0.15) is 27.4 Å². The van der Waals surface area contributed by atoms with E-state index in [2.05, 4.69) is 30.6 Å². The van der Waals surface area contributed by atoms with Crippen LogP contribution in [0.25, 0.3) is 22.7 Å². The van der Waals surface area contributed by atoms with Crippen LogP contribution in [0.3, 0.4) is 0 Å². The third-order valence-corrected chi connectivity index (χ3v) is 5.08. The van der Waals surface area contributed by atoms with E-state index in [4.69, 9.17) is 0 Å². The average molecular weight is 435 g/mol. The minimum atomic E-state index is 0.250. The van der Waals surface area contributed by atoms with Crippen LogP contribution in [-0.4, -0.2) is 40.8 Å². The zero-order valence-corrected chi connectivity index (χ0v) is 17.8. The number of nitrogens with one attached hydrogen (secondary N) is 1. The predicted molar refractivity (Wildman–Crippen MR) is 121 cm³/mol. The van der Waals surface area contributed by atoms with Gasteiger partial charge >= 0.3 is 0 Å². The van der Waals surface area contributed by atoms with Gasteiger partial charge in [0, 0.05) is 11.4 Å². The van der Waals surface area contributed by atoms with E-state index in [-0.39, 0.29) is 5.69 Å². The number of pyridine rings is 1. The van der Waals surface area contributed by atoms with Gasteiger partial charge in [-0.15, -0.1) is 5.10 Å². The molecule has 0 saturated heterocycles. The van der Waals surface area contributed by atoms with Crippen molar-refractivity contribution in [1.82, 2.24) is 34.5 Å². The Bertz CT molecular complexity index is 1540. The molecule has 33 heavy (non-hydrogen) atoms. The van der Waals surface area contributed by atoms with E-state index in [0.717, 1.165) is 28.7 Å². The van der Waals surface area contributed by atoms with E-state index in [0.29, 0.717) is 28.7 Å². The standard InChI is InChI=1S/C23H17N9O/c1-14-3-7-21(29-28-14)26-17-5-6-19-20(10-17)31(13-25-19)22-8-4-16(12-33)23(27-22)32-15(2)9-18(11-24)30-32/h3-10,12-13H,1-2H3,(H,26,29). The van der Waals surface area contributed by atoms with Gasteiger partial charge in [-0.2, -0.15) is 15.5 Å². The number of hydrogen-bond donors (Lipinski definition) is 1. The summed E-state index contributed by atoms with van der Waals surface area (Å²) in [4.78, 5) is 20.8. The molecular weight excluding hydrogens is 418 g/mol. The van der Waals surface area contributed by atoms with Crippen LogP contribution in [0.2, 0.25) is 0 Å². The quantitative estimate of drug-likeness (QED) is 0.416. The van der Waals surface area contributed by atoms with Crippen LogP contribution < -0.4 is 5.32 Å². The smallest absolute Gasteiger partial charge is 0.166 e. The van der Waals surface area contributed by atoms with Crippen LogP contribution in [-0.2, 0) is 0 Å². The number of aryl methyl sites for hydroxylation is 2. The number of nitriles is 1. The molecule has 0 atom stereocenters. The summed E-state index contributed by atoms with van der Waals surface area (Å²) < 4.78 is 3.32. The van der Waals surface area contributed by atoms with E-state index in [1.807, 2.05) is 47.9 Å². The van der Waals surface area contributed by atoms with Crippen molar-refractivity contribution >= 4 is 28.8 Å². The number of hydrogen-bond acceptors (Lipinski definition) is 8. The lowest BCUT2D eigenvalue weighted by molar-refractivity contribution is 0.112. The fourth-order valence-electron chi connectivity index (χ4n) is 3.47. The summed E-state index contributed by atoms with van der Waals surface area (Å²) in [6, 6.07) is 16.5. The molecule has 0 aliphatic carbocycles. The molecule has 160 valence electrons. The number of aldehydes is 1. The Kier molecular flexibility index (Phi) is 4.84. The summed E-state index contributed by atoms with van der Waals surface area (Å²) in [5, 5.41) is 24.9. The fraction of sp³-hybridized carbons (Fsp3) is 0.0870. The molecule has 0 radical (unpaired) electrons. The van der Waals surface area contributed by atoms with E-state index in [1.165, 1.54) is 4.68 Å². The molecule has 0 fully saturated rings. The summed E-state index contributed by atoms with van der Waals surface area (Å²) in [7, 11) is 0. The third kappa shape index (κ3) is 3.68. The second-order valence-electron chi connectivity index (χ2n) is 7.40. The number of carbonyl (C=O) groups excluding carboxylic acids is 1. The summed E-state index contributed by atoms with van der Waals surface area (Å²) in [5.41, 5.74) is 4.55. The van der Waals surface area contributed by atoms with Crippen LogP contribution in [0.5, 0.6) is 0 Å². The lowest BCUT2D eigenvalue weighted by atomic mass is 10.2. The monoisotopic (exact) mass is 435 g/mol. The van der Waals surface area contributed by atoms with Crippen molar-refractivity contribution in [2.45, 2.75) is 13.8 Å². The Morgan fingerprint density at radius 3 is 2.67 bits per heavy atom. The second-order valence-corrected chi connectivity index (χ2v) is 7.40. The maximum absolute atomic E-state index is 11.7. The first kappa shape index (κ1) is 20.0. The Morgan fingerprint density at radius 1 is 1.06 bits per heavy atom. The molecule has 1 aromatic carbocycles. The highest BCUT2D eigenvalue weighted by molar-refractivity contribution is 5.83. The van der Waals surface area contributed by atoms with Gasteiger partial charge in [0.25, 0.3) is 0 Å². The van der Waals surface area contributed by atoms with Gasteiger partial charge in [-0.25, -0.2) is 14.6 Å². The van der Waals surface area contributed by atoms with Crippen LogP contribution in [0, 0.1) is 25.2 Å². The van der Waals surface area contributed by atoms with Gasteiger partial charge in [-0.1, -0.05) is 0 Å². The van der Waals surface area contributed by atoms with Crippen molar-refractivity contribution in [2.24, 2.45) is 0 Å². The Balaban J connectivity index is 1.58. The van der Waals surface area contributed by atoms with Crippen molar-refractivity contribution in [3.8, 4) is 17.7 Å². The molecule has 10 heteroatoms. The first-order valence-corrected chi connectivity index (χ1v) is 10.0. The number of rotatable bonds is 5. The highest BCUT2D eigenvalue weighted by Gasteiger charge is 2.15. The zero-order valence-electron chi connectivity index (χ0n) is 17.8. The molecule has 5 rings (SSSR count). The summed E-state index contributed by atoms with van der Waals surface area (Å²) in [5.74, 6) is 1.52. The first-order valence-electron chi connectivity index (χ1n) is 10.0. The largest absolute Gasteiger partial charge is 0.339 e. The predicted octanol–water partition coefficient (Wildman–Crippen LogP) is 3.44. The zero-order chi connectivity index (χ0) is 22.9. The molecular formula is C23H17N9O. The molecule has 0 saturated carbocycles. The van der Waals surface area contributed by atoms with Crippen molar-refractivity contribution < 1.29 is 4.79 Å². The number of fused-ring (bicyclic) bond motifs is 1. The maximum Gasteiger partial charge on any atom is 0.166 e. The van der Waals surface area contributed by atoms with E-state index < -0.39 is 0 Å². The van der Waals surface area contributed by atoms with Gasteiger partial charge in [0.15, 0.2) is 23.6 Å². The molecule has 0 aliphatic rings.